The van der Waals surface area contributed by atoms with Gasteiger partial charge in [0.25, 0.3) is 5.91 Å². The van der Waals surface area contributed by atoms with Crippen molar-refractivity contribution in [3.05, 3.63) is 204 Å². The lowest BCUT2D eigenvalue weighted by molar-refractivity contribution is -0.120. The molecule has 5 aromatic carbocycles. The van der Waals surface area contributed by atoms with E-state index in [0.717, 1.165) is 16.7 Å². The minimum Gasteiger partial charge on any atom is -0.451 e. The number of fused-ring (bicyclic) bond motifs is 1. The number of hydrogen-bond donors (Lipinski definition) is 2. The van der Waals surface area contributed by atoms with Gasteiger partial charge in [0.2, 0.25) is 5.60 Å². The van der Waals surface area contributed by atoms with E-state index < -0.39 is 40.9 Å². The summed E-state index contributed by atoms with van der Waals surface area (Å²) in [6.07, 6.45) is -1.62. The lowest BCUT2D eigenvalue weighted by Crippen LogP contribution is -2.52. The molecule has 3 heterocycles. The number of amides is 1. The predicted octanol–water partition coefficient (Wildman–Crippen LogP) is 7.08. The van der Waals surface area contributed by atoms with Gasteiger partial charge in [0.1, 0.15) is 35.2 Å². The lowest BCUT2D eigenvalue weighted by atomic mass is 9.79. The molecular weight excluding hydrogens is 719 g/mol. The Morgan fingerprint density at radius 2 is 1.30 bits per heavy atom. The normalized spacial score (nSPS) is 20.4. The Kier molecular flexibility index (Phi) is 9.91. The van der Waals surface area contributed by atoms with Gasteiger partial charge in [0.05, 0.1) is 17.9 Å². The molecule has 8 rings (SSSR count). The molecule has 11 heteroatoms. The molecule has 0 saturated carbocycles. The average Bonchev–Trinajstić information content (AvgIpc) is 3.80. The van der Waals surface area contributed by atoms with Crippen molar-refractivity contribution in [3.8, 4) is 6.07 Å². The number of nitrogens with zero attached hydrogens (tertiary/aromatic N) is 4. The van der Waals surface area contributed by atoms with Gasteiger partial charge in [0, 0.05) is 5.56 Å². The van der Waals surface area contributed by atoms with E-state index in [0.29, 0.717) is 11.1 Å². The van der Waals surface area contributed by atoms with Gasteiger partial charge < -0.3 is 24.6 Å². The highest BCUT2D eigenvalue weighted by Crippen LogP contribution is 2.49. The van der Waals surface area contributed by atoms with Crippen molar-refractivity contribution < 1.29 is 28.9 Å². The van der Waals surface area contributed by atoms with Crippen molar-refractivity contribution in [1.82, 2.24) is 14.6 Å². The fourth-order valence-corrected chi connectivity index (χ4v) is 7.53. The molecule has 57 heavy (non-hydrogen) atoms. The summed E-state index contributed by atoms with van der Waals surface area (Å²) in [7, 11) is 0. The third kappa shape index (κ3) is 6.62. The molecule has 1 aliphatic heterocycles. The van der Waals surface area contributed by atoms with Gasteiger partial charge >= 0.3 is 5.97 Å². The Bertz CT molecular complexity index is 2450. The molecule has 1 unspecified atom stereocenters. The Morgan fingerprint density at radius 3 is 1.82 bits per heavy atom. The Labute approximate surface area is 328 Å². The number of nitrogens with one attached hydrogen (secondary N) is 1. The van der Waals surface area contributed by atoms with E-state index in [1.807, 2.05) is 91.0 Å². The van der Waals surface area contributed by atoms with Crippen LogP contribution in [0.25, 0.3) is 5.52 Å². The number of hydrogen-bond acceptors (Lipinski definition) is 9. The Balaban J connectivity index is 1.23. The first-order valence-corrected chi connectivity index (χ1v) is 18.4. The SMILES string of the molecule is CC1(O)[C@@H](COC(c2ccccc2)(c2ccccc2)c2ccccc2)O[C@@](C#N)(c2ccc3c(NC(=O)c4ccccc4)ncnn23)[C@H]1OC(=O)c1ccccc1. The van der Waals surface area contributed by atoms with Crippen molar-refractivity contribution in [3.63, 3.8) is 0 Å². The first-order valence-electron chi connectivity index (χ1n) is 18.4. The van der Waals surface area contributed by atoms with Crippen LogP contribution in [0, 0.1) is 11.3 Å². The molecule has 1 fully saturated rings. The predicted molar refractivity (Wildman–Crippen MR) is 211 cm³/mol. The van der Waals surface area contributed by atoms with Gasteiger partial charge in [0.15, 0.2) is 11.9 Å². The van der Waals surface area contributed by atoms with E-state index in [-0.39, 0.29) is 23.7 Å². The number of benzene rings is 5. The first kappa shape index (κ1) is 37.0. The van der Waals surface area contributed by atoms with E-state index >= 15 is 0 Å². The second-order valence-corrected chi connectivity index (χ2v) is 13.9. The molecule has 282 valence electrons. The zero-order valence-corrected chi connectivity index (χ0v) is 30.8. The number of anilines is 1. The molecule has 2 aromatic heterocycles. The van der Waals surface area contributed by atoms with Crippen LogP contribution < -0.4 is 5.32 Å². The second kappa shape index (κ2) is 15.3. The van der Waals surface area contributed by atoms with Gasteiger partial charge in [-0.3, -0.25) is 4.79 Å². The number of carbonyl (C=O) groups excluding carboxylic acids is 2. The fourth-order valence-electron chi connectivity index (χ4n) is 7.53. The number of aliphatic hydroxyl groups is 1. The van der Waals surface area contributed by atoms with Crippen LogP contribution in [0.15, 0.2) is 170 Å². The van der Waals surface area contributed by atoms with E-state index in [1.54, 1.807) is 72.8 Å². The molecule has 4 atom stereocenters. The van der Waals surface area contributed by atoms with Crippen molar-refractivity contribution in [2.75, 3.05) is 11.9 Å². The highest BCUT2D eigenvalue weighted by Gasteiger charge is 2.66. The minimum atomic E-state index is -2.14. The van der Waals surface area contributed by atoms with Crippen molar-refractivity contribution in [1.29, 1.82) is 5.26 Å². The molecule has 0 spiro atoms. The molecule has 1 saturated heterocycles. The fraction of sp³-hybridized carbons (Fsp3) is 0.152. The van der Waals surface area contributed by atoms with Gasteiger partial charge in [-0.15, -0.1) is 0 Å². The second-order valence-electron chi connectivity index (χ2n) is 13.9. The van der Waals surface area contributed by atoms with Crippen molar-refractivity contribution in [2.24, 2.45) is 0 Å². The molecule has 1 amide bonds. The van der Waals surface area contributed by atoms with Crippen LogP contribution >= 0.6 is 0 Å². The summed E-state index contributed by atoms with van der Waals surface area (Å²) in [5.74, 6) is -1.01. The van der Waals surface area contributed by atoms with Gasteiger partial charge in [-0.1, -0.05) is 127 Å². The monoisotopic (exact) mass is 755 g/mol. The summed E-state index contributed by atoms with van der Waals surface area (Å²) in [5, 5.41) is 31.1. The standard InChI is InChI=1S/C46H37N5O6/c1-44(54)39(29-55-46(34-21-11-4-12-22-34,35-23-13-5-14-24-35)36-25-15-6-16-26-36)57-45(30-47,43(44)56-42(53)33-19-9-3-10-20-33)38-28-27-37-40(48-31-49-51(37)38)50-41(52)32-17-7-2-8-18-32/h2-28,31,39,43,54H,29H2,1H3,(H,48,49,50,52)/t39-,43+,44?,45+/m1/s1. The maximum absolute atomic E-state index is 13.8. The summed E-state index contributed by atoms with van der Waals surface area (Å²) in [6.45, 7) is 1.21. The molecule has 0 radical (unpaired) electrons. The molecule has 2 N–H and O–H groups in total. The van der Waals surface area contributed by atoms with Crippen LogP contribution in [0.2, 0.25) is 0 Å². The van der Waals surface area contributed by atoms with Crippen LogP contribution in [-0.2, 0) is 25.4 Å². The third-order valence-corrected chi connectivity index (χ3v) is 10.4. The summed E-state index contributed by atoms with van der Waals surface area (Å²) in [6, 6.07) is 51.6. The third-order valence-electron chi connectivity index (χ3n) is 10.4. The average molecular weight is 756 g/mol. The van der Waals surface area contributed by atoms with E-state index in [9.17, 15) is 20.0 Å². The summed E-state index contributed by atoms with van der Waals surface area (Å²) >= 11 is 0. The quantitative estimate of drug-likeness (QED) is 0.104. The number of rotatable bonds is 11. The van der Waals surface area contributed by atoms with Crippen LogP contribution in [0.1, 0.15) is 50.0 Å². The van der Waals surface area contributed by atoms with Crippen LogP contribution in [-0.4, -0.2) is 56.0 Å². The number of carbonyl (C=O) groups is 2. The summed E-state index contributed by atoms with van der Waals surface area (Å²) in [4.78, 5) is 31.3. The van der Waals surface area contributed by atoms with E-state index in [1.165, 1.54) is 17.8 Å². The van der Waals surface area contributed by atoms with E-state index in [2.05, 4.69) is 21.5 Å². The minimum absolute atomic E-state index is 0.131. The molecule has 1 aliphatic rings. The number of ether oxygens (including phenoxy) is 3. The van der Waals surface area contributed by atoms with Gasteiger partial charge in [-0.05, 0) is 60.0 Å². The number of esters is 1. The molecule has 0 aliphatic carbocycles. The van der Waals surface area contributed by atoms with Gasteiger partial charge in [-0.25, -0.2) is 14.3 Å². The van der Waals surface area contributed by atoms with Crippen LogP contribution in [0.5, 0.6) is 0 Å². The number of aromatic nitrogens is 3. The molecular formula is C46H37N5O6. The largest absolute Gasteiger partial charge is 0.451 e. The smallest absolute Gasteiger partial charge is 0.338 e. The maximum Gasteiger partial charge on any atom is 0.338 e. The summed E-state index contributed by atoms with van der Waals surface area (Å²) in [5.41, 5.74) is -1.81. The Hall–Kier alpha value is -6.97. The maximum atomic E-state index is 13.8. The zero-order valence-electron chi connectivity index (χ0n) is 30.8. The highest BCUT2D eigenvalue weighted by atomic mass is 16.6. The first-order chi connectivity index (χ1) is 27.8. The topological polar surface area (TPSA) is 148 Å². The van der Waals surface area contributed by atoms with Crippen LogP contribution in [0.4, 0.5) is 5.82 Å². The van der Waals surface area contributed by atoms with Crippen molar-refractivity contribution in [2.45, 2.75) is 35.9 Å². The Morgan fingerprint density at radius 1 is 0.789 bits per heavy atom. The molecule has 0 bridgehead atoms. The van der Waals surface area contributed by atoms with Crippen molar-refractivity contribution >= 4 is 23.2 Å². The molecule has 7 aromatic rings. The lowest BCUT2D eigenvalue weighted by Gasteiger charge is -2.38. The van der Waals surface area contributed by atoms with Gasteiger partial charge in [-0.2, -0.15) is 10.4 Å². The van der Waals surface area contributed by atoms with E-state index in [4.69, 9.17) is 14.2 Å². The zero-order chi connectivity index (χ0) is 39.5. The highest BCUT2D eigenvalue weighted by molar-refractivity contribution is 6.05. The number of nitriles is 1. The van der Waals surface area contributed by atoms with Crippen LogP contribution in [0.3, 0.4) is 0 Å². The summed E-state index contributed by atoms with van der Waals surface area (Å²) < 4.78 is 21.3. The molecule has 11 nitrogen and oxygen atoms in total.